The van der Waals surface area contributed by atoms with Crippen molar-refractivity contribution in [3.8, 4) is 0 Å². The van der Waals surface area contributed by atoms with Crippen LogP contribution >= 0.6 is 0 Å². The summed E-state index contributed by atoms with van der Waals surface area (Å²) in [6.07, 6.45) is 3.78. The van der Waals surface area contributed by atoms with E-state index in [4.69, 9.17) is 4.74 Å². The van der Waals surface area contributed by atoms with Gasteiger partial charge >= 0.3 is 6.09 Å². The van der Waals surface area contributed by atoms with Crippen LogP contribution in [0.5, 0.6) is 0 Å². The Morgan fingerprint density at radius 1 is 1.20 bits per heavy atom. The number of carbonyl (C=O) groups is 1. The highest BCUT2D eigenvalue weighted by Gasteiger charge is 2.36. The molecule has 3 nitrogen and oxygen atoms in total. The molecule has 15 heavy (non-hydrogen) atoms. The number of ether oxygens (including phenoxy) is 1. The summed E-state index contributed by atoms with van der Waals surface area (Å²) in [7, 11) is 0. The van der Waals surface area contributed by atoms with Crippen molar-refractivity contribution in [2.45, 2.75) is 45.6 Å². The summed E-state index contributed by atoms with van der Waals surface area (Å²) in [5.74, 6) is 1.47. The summed E-state index contributed by atoms with van der Waals surface area (Å²) in [5, 5.41) is 0. The van der Waals surface area contributed by atoms with E-state index in [1.165, 1.54) is 19.3 Å². The van der Waals surface area contributed by atoms with Gasteiger partial charge in [-0.1, -0.05) is 0 Å². The second kappa shape index (κ2) is 3.69. The molecule has 1 aliphatic heterocycles. The molecule has 0 aromatic carbocycles. The van der Waals surface area contributed by atoms with Crippen LogP contribution in [0.4, 0.5) is 4.79 Å². The number of likely N-dealkylation sites (tertiary alicyclic amines) is 1. The van der Waals surface area contributed by atoms with Gasteiger partial charge in [0.2, 0.25) is 0 Å². The van der Waals surface area contributed by atoms with E-state index in [0.717, 1.165) is 24.9 Å². The third-order valence-corrected chi connectivity index (χ3v) is 3.26. The molecule has 3 heteroatoms. The maximum Gasteiger partial charge on any atom is 0.410 e. The number of rotatable bonds is 0. The fourth-order valence-corrected chi connectivity index (χ4v) is 2.68. The fraction of sp³-hybridized carbons (Fsp3) is 0.917. The number of carbonyl (C=O) groups excluding carboxylic acids is 1. The molecule has 1 aliphatic carbocycles. The van der Waals surface area contributed by atoms with E-state index >= 15 is 0 Å². The molecule has 2 aliphatic rings. The van der Waals surface area contributed by atoms with Crippen LogP contribution in [0, 0.1) is 11.8 Å². The molecule has 2 bridgehead atoms. The molecular weight excluding hydrogens is 190 g/mol. The molecule has 1 saturated heterocycles. The third-order valence-electron chi connectivity index (χ3n) is 3.26. The minimum atomic E-state index is -0.367. The zero-order valence-corrected chi connectivity index (χ0v) is 9.95. The minimum Gasteiger partial charge on any atom is -0.444 e. The second-order valence-electron chi connectivity index (χ2n) is 5.93. The van der Waals surface area contributed by atoms with Gasteiger partial charge in [0.1, 0.15) is 5.60 Å². The predicted octanol–water partition coefficient (Wildman–Crippen LogP) is 2.65. The lowest BCUT2D eigenvalue weighted by Crippen LogP contribution is -2.43. The van der Waals surface area contributed by atoms with E-state index in [0.29, 0.717) is 0 Å². The Morgan fingerprint density at radius 2 is 1.73 bits per heavy atom. The topological polar surface area (TPSA) is 29.5 Å². The summed E-state index contributed by atoms with van der Waals surface area (Å²) in [6.45, 7) is 7.58. The van der Waals surface area contributed by atoms with E-state index in [2.05, 4.69) is 0 Å². The first-order chi connectivity index (χ1) is 6.94. The van der Waals surface area contributed by atoms with Crippen molar-refractivity contribution < 1.29 is 9.53 Å². The maximum absolute atomic E-state index is 11.8. The standard InChI is InChI=1S/C12H21NO2/c1-12(2,3)15-11(14)13-7-9-4-5-10(6-9)8-13/h9-10H,4-8H2,1-3H3. The number of nitrogens with zero attached hydrogens (tertiary/aromatic N) is 1. The number of hydrogen-bond donors (Lipinski definition) is 0. The number of piperidine rings is 1. The van der Waals surface area contributed by atoms with Crippen LogP contribution in [0.15, 0.2) is 0 Å². The lowest BCUT2D eigenvalue weighted by atomic mass is 9.99. The molecule has 0 aromatic heterocycles. The highest BCUT2D eigenvalue weighted by atomic mass is 16.6. The molecule has 1 saturated carbocycles. The van der Waals surface area contributed by atoms with Crippen LogP contribution in [0.25, 0.3) is 0 Å². The zero-order chi connectivity index (χ0) is 11.1. The van der Waals surface area contributed by atoms with Gasteiger partial charge < -0.3 is 9.64 Å². The molecule has 1 heterocycles. The molecule has 0 N–H and O–H groups in total. The van der Waals surface area contributed by atoms with Gasteiger partial charge in [-0.05, 0) is 51.9 Å². The number of amides is 1. The van der Waals surface area contributed by atoms with Crippen molar-refractivity contribution in [1.82, 2.24) is 4.90 Å². The predicted molar refractivity (Wildman–Crippen MR) is 58.6 cm³/mol. The van der Waals surface area contributed by atoms with Crippen LogP contribution in [0.3, 0.4) is 0 Å². The van der Waals surface area contributed by atoms with Crippen molar-refractivity contribution >= 4 is 6.09 Å². The van der Waals surface area contributed by atoms with E-state index in [1.807, 2.05) is 25.7 Å². The Bertz CT molecular complexity index is 245. The van der Waals surface area contributed by atoms with Gasteiger partial charge in [-0.3, -0.25) is 0 Å². The molecular formula is C12H21NO2. The Kier molecular flexibility index (Phi) is 2.65. The van der Waals surface area contributed by atoms with Crippen molar-refractivity contribution in [2.24, 2.45) is 11.8 Å². The van der Waals surface area contributed by atoms with E-state index in [9.17, 15) is 4.79 Å². The average molecular weight is 211 g/mol. The van der Waals surface area contributed by atoms with Crippen LogP contribution in [0.1, 0.15) is 40.0 Å². The largest absolute Gasteiger partial charge is 0.444 e. The Morgan fingerprint density at radius 3 is 2.20 bits per heavy atom. The smallest absolute Gasteiger partial charge is 0.410 e. The summed E-state index contributed by atoms with van der Waals surface area (Å²) < 4.78 is 5.39. The molecule has 0 aromatic rings. The summed E-state index contributed by atoms with van der Waals surface area (Å²) >= 11 is 0. The van der Waals surface area contributed by atoms with Crippen molar-refractivity contribution in [3.05, 3.63) is 0 Å². The van der Waals surface area contributed by atoms with Gasteiger partial charge in [0, 0.05) is 13.1 Å². The van der Waals surface area contributed by atoms with Gasteiger partial charge in [-0.15, -0.1) is 0 Å². The summed E-state index contributed by atoms with van der Waals surface area (Å²) in [4.78, 5) is 13.7. The van der Waals surface area contributed by atoms with Gasteiger partial charge in [-0.25, -0.2) is 4.79 Å². The first-order valence-electron chi connectivity index (χ1n) is 5.92. The van der Waals surface area contributed by atoms with Gasteiger partial charge in [-0.2, -0.15) is 0 Å². The van der Waals surface area contributed by atoms with Crippen molar-refractivity contribution in [1.29, 1.82) is 0 Å². The molecule has 2 rings (SSSR count). The third kappa shape index (κ3) is 2.64. The second-order valence-corrected chi connectivity index (χ2v) is 5.93. The Hall–Kier alpha value is -0.730. The first kappa shape index (κ1) is 10.8. The molecule has 86 valence electrons. The van der Waals surface area contributed by atoms with Crippen molar-refractivity contribution in [3.63, 3.8) is 0 Å². The van der Waals surface area contributed by atoms with Crippen LogP contribution in [-0.4, -0.2) is 29.7 Å². The molecule has 2 fully saturated rings. The van der Waals surface area contributed by atoms with E-state index in [1.54, 1.807) is 0 Å². The quantitative estimate of drug-likeness (QED) is 0.616. The molecule has 2 unspecified atom stereocenters. The summed E-state index contributed by atoms with van der Waals surface area (Å²) in [6, 6.07) is 0. The average Bonchev–Trinajstić information content (AvgIpc) is 2.42. The highest BCUT2D eigenvalue weighted by Crippen LogP contribution is 2.36. The zero-order valence-electron chi connectivity index (χ0n) is 9.95. The van der Waals surface area contributed by atoms with Crippen LogP contribution < -0.4 is 0 Å². The van der Waals surface area contributed by atoms with Gasteiger partial charge in [0.15, 0.2) is 0 Å². The fourth-order valence-electron chi connectivity index (χ4n) is 2.68. The van der Waals surface area contributed by atoms with E-state index < -0.39 is 0 Å². The first-order valence-corrected chi connectivity index (χ1v) is 5.92. The van der Waals surface area contributed by atoms with Gasteiger partial charge in [0.05, 0.1) is 0 Å². The summed E-state index contributed by atoms with van der Waals surface area (Å²) in [5.41, 5.74) is -0.367. The van der Waals surface area contributed by atoms with Gasteiger partial charge in [0.25, 0.3) is 0 Å². The minimum absolute atomic E-state index is 0.126. The maximum atomic E-state index is 11.8. The van der Waals surface area contributed by atoms with E-state index in [-0.39, 0.29) is 11.7 Å². The molecule has 0 spiro atoms. The lowest BCUT2D eigenvalue weighted by Gasteiger charge is -2.33. The highest BCUT2D eigenvalue weighted by molar-refractivity contribution is 5.68. The van der Waals surface area contributed by atoms with Crippen LogP contribution in [-0.2, 0) is 4.74 Å². The monoisotopic (exact) mass is 211 g/mol. The Labute approximate surface area is 91.8 Å². The SMILES string of the molecule is CC(C)(C)OC(=O)N1CC2CCC(C2)C1. The molecule has 0 radical (unpaired) electrons. The van der Waals surface area contributed by atoms with Crippen LogP contribution in [0.2, 0.25) is 0 Å². The Balaban J connectivity index is 1.91. The number of hydrogen-bond acceptors (Lipinski definition) is 2. The molecule has 1 amide bonds. The normalized spacial score (nSPS) is 30.5. The molecule has 2 atom stereocenters. The van der Waals surface area contributed by atoms with Crippen molar-refractivity contribution in [2.75, 3.05) is 13.1 Å². The number of fused-ring (bicyclic) bond motifs is 2. The lowest BCUT2D eigenvalue weighted by molar-refractivity contribution is 0.0154.